The van der Waals surface area contributed by atoms with Crippen molar-refractivity contribution in [3.05, 3.63) is 28.8 Å². The van der Waals surface area contributed by atoms with Crippen LogP contribution in [0.25, 0.3) is 0 Å². The van der Waals surface area contributed by atoms with E-state index in [4.69, 9.17) is 11.6 Å². The zero-order valence-corrected chi connectivity index (χ0v) is 13.7. The number of sulfonamides is 1. The Morgan fingerprint density at radius 3 is 2.38 bits per heavy atom. The minimum Gasteiger partial charge on any atom is -0.530 e. The van der Waals surface area contributed by atoms with Crippen molar-refractivity contribution < 1.29 is 31.5 Å². The lowest BCUT2D eigenvalue weighted by molar-refractivity contribution is -0.266. The van der Waals surface area contributed by atoms with E-state index in [2.05, 4.69) is 4.72 Å². The second-order valence-electron chi connectivity index (χ2n) is 5.29. The maximum atomic E-state index is 12.7. The Morgan fingerprint density at radius 1 is 1.29 bits per heavy atom. The van der Waals surface area contributed by atoms with Crippen molar-refractivity contribution in [1.82, 2.24) is 9.62 Å². The fourth-order valence-corrected chi connectivity index (χ4v) is 4.18. The van der Waals surface area contributed by atoms with E-state index in [0.717, 1.165) is 11.0 Å². The van der Waals surface area contributed by atoms with Crippen LogP contribution in [0.5, 0.6) is 0 Å². The number of nitrogens with one attached hydrogen (secondary N) is 1. The highest BCUT2D eigenvalue weighted by atomic mass is 35.5. The van der Waals surface area contributed by atoms with E-state index in [9.17, 15) is 31.5 Å². The summed E-state index contributed by atoms with van der Waals surface area (Å²) < 4.78 is 65.1. The highest BCUT2D eigenvalue weighted by molar-refractivity contribution is 7.89. The maximum Gasteiger partial charge on any atom is 0.416 e. The monoisotopic (exact) mass is 385 g/mol. The third kappa shape index (κ3) is 4.31. The molecule has 1 aliphatic rings. The van der Waals surface area contributed by atoms with Gasteiger partial charge < -0.3 is 14.8 Å². The smallest absolute Gasteiger partial charge is 0.416 e. The molecule has 134 valence electrons. The first kappa shape index (κ1) is 18.8. The van der Waals surface area contributed by atoms with Crippen molar-refractivity contribution in [1.29, 1.82) is 0 Å². The number of alkyl halides is 3. The number of hydrogen-bond acceptors (Lipinski definition) is 4. The van der Waals surface area contributed by atoms with Crippen LogP contribution in [-0.4, -0.2) is 38.5 Å². The van der Waals surface area contributed by atoms with Crippen LogP contribution in [0, 0.1) is 0 Å². The third-order valence-corrected chi connectivity index (χ3v) is 5.63. The predicted octanol–water partition coefficient (Wildman–Crippen LogP) is 1.44. The molecule has 1 amide bonds. The van der Waals surface area contributed by atoms with Crippen LogP contribution < -0.4 is 9.83 Å². The number of carboxylic acid groups (broad SMARTS) is 1. The molecule has 1 aromatic rings. The van der Waals surface area contributed by atoms with E-state index in [0.29, 0.717) is 12.1 Å². The number of benzene rings is 1. The van der Waals surface area contributed by atoms with Crippen molar-refractivity contribution in [2.45, 2.75) is 30.0 Å². The van der Waals surface area contributed by atoms with Crippen LogP contribution in [-0.2, 0) is 16.2 Å². The van der Waals surface area contributed by atoms with Crippen molar-refractivity contribution in [2.75, 3.05) is 13.1 Å². The zero-order chi connectivity index (χ0) is 18.1. The average molecular weight is 386 g/mol. The molecule has 24 heavy (non-hydrogen) atoms. The van der Waals surface area contributed by atoms with Crippen LogP contribution in [0.3, 0.4) is 0 Å². The molecule has 0 unspecified atom stereocenters. The lowest BCUT2D eigenvalue weighted by Gasteiger charge is -2.33. The number of carbonyl (C=O) groups excluding carboxylic acids is 1. The van der Waals surface area contributed by atoms with E-state index in [1.165, 1.54) is 0 Å². The van der Waals surface area contributed by atoms with Gasteiger partial charge in [-0.2, -0.15) is 13.2 Å². The first-order chi connectivity index (χ1) is 11.0. The number of carbonyl (C=O) groups is 1. The fourth-order valence-electron chi connectivity index (χ4n) is 2.35. The number of halogens is 4. The molecular formula is C13H13ClF3N2O4S-. The van der Waals surface area contributed by atoms with Crippen LogP contribution >= 0.6 is 11.6 Å². The summed E-state index contributed by atoms with van der Waals surface area (Å²) in [6.45, 7) is 0.150. The molecule has 2 rings (SSSR count). The summed E-state index contributed by atoms with van der Waals surface area (Å²) in [4.78, 5) is 11.1. The van der Waals surface area contributed by atoms with Gasteiger partial charge in [-0.1, -0.05) is 11.6 Å². The summed E-state index contributed by atoms with van der Waals surface area (Å²) in [6.07, 6.45) is -5.68. The number of rotatable bonds is 3. The van der Waals surface area contributed by atoms with E-state index in [1.54, 1.807) is 0 Å². The van der Waals surface area contributed by atoms with Crippen molar-refractivity contribution in [2.24, 2.45) is 0 Å². The van der Waals surface area contributed by atoms with Gasteiger partial charge in [-0.3, -0.25) is 0 Å². The summed E-state index contributed by atoms with van der Waals surface area (Å²) in [5.74, 6) is 0. The number of amides is 1. The summed E-state index contributed by atoms with van der Waals surface area (Å²) in [6, 6.07) is 1.44. The lowest BCUT2D eigenvalue weighted by Crippen LogP contribution is -2.50. The summed E-state index contributed by atoms with van der Waals surface area (Å²) >= 11 is 5.73. The minimum atomic E-state index is -4.70. The Balaban J connectivity index is 2.18. The average Bonchev–Trinajstić information content (AvgIpc) is 2.46. The van der Waals surface area contributed by atoms with Gasteiger partial charge in [0.2, 0.25) is 10.0 Å². The molecule has 1 heterocycles. The van der Waals surface area contributed by atoms with Gasteiger partial charge in [0.25, 0.3) is 0 Å². The van der Waals surface area contributed by atoms with Crippen LogP contribution in [0.15, 0.2) is 23.1 Å². The van der Waals surface area contributed by atoms with Crippen molar-refractivity contribution >= 4 is 27.7 Å². The van der Waals surface area contributed by atoms with E-state index in [-0.39, 0.29) is 31.0 Å². The molecule has 0 saturated carbocycles. The van der Waals surface area contributed by atoms with Gasteiger partial charge in [-0.05, 0) is 31.0 Å². The fraction of sp³-hybridized carbons (Fsp3) is 0.462. The molecule has 1 fully saturated rings. The Morgan fingerprint density at radius 2 is 1.88 bits per heavy atom. The highest BCUT2D eigenvalue weighted by Gasteiger charge is 2.33. The molecule has 6 nitrogen and oxygen atoms in total. The number of piperidine rings is 1. The van der Waals surface area contributed by atoms with Gasteiger partial charge in [-0.15, -0.1) is 0 Å². The number of nitrogens with zero attached hydrogens (tertiary/aromatic N) is 1. The second kappa shape index (κ2) is 6.77. The Kier molecular flexibility index (Phi) is 5.31. The normalized spacial score (nSPS) is 17.1. The second-order valence-corrected chi connectivity index (χ2v) is 7.38. The molecule has 11 heteroatoms. The first-order valence-electron chi connectivity index (χ1n) is 6.86. The molecule has 1 N–H and O–H groups in total. The highest BCUT2D eigenvalue weighted by Crippen LogP contribution is 2.33. The van der Waals surface area contributed by atoms with Crippen molar-refractivity contribution in [3.63, 3.8) is 0 Å². The van der Waals surface area contributed by atoms with Gasteiger partial charge in [-0.25, -0.2) is 13.1 Å². The number of likely N-dealkylation sites (tertiary alicyclic amines) is 1. The molecular weight excluding hydrogens is 373 g/mol. The van der Waals surface area contributed by atoms with Gasteiger partial charge in [0.05, 0.1) is 10.6 Å². The Labute approximate surface area is 141 Å². The number of hydrogen-bond donors (Lipinski definition) is 1. The Hall–Kier alpha value is -1.52. The first-order valence-corrected chi connectivity index (χ1v) is 8.72. The van der Waals surface area contributed by atoms with Crippen LogP contribution in [0.1, 0.15) is 18.4 Å². The summed E-state index contributed by atoms with van der Waals surface area (Å²) in [7, 11) is -4.27. The molecule has 0 aromatic heterocycles. The minimum absolute atomic E-state index is 0.0752. The van der Waals surface area contributed by atoms with E-state index < -0.39 is 38.8 Å². The van der Waals surface area contributed by atoms with Gasteiger partial charge in [0.1, 0.15) is 11.0 Å². The van der Waals surface area contributed by atoms with E-state index in [1.807, 2.05) is 0 Å². The SMILES string of the molecule is O=C([O-])N1CCC(NS(=O)(=O)c2cc(C(F)(F)F)ccc2Cl)CC1. The maximum absolute atomic E-state index is 12.7. The standard InChI is InChI=1S/C13H14ClF3N2O4S/c14-10-2-1-8(13(15,16)17)7-11(10)24(22,23)18-9-3-5-19(6-4-9)12(20)21/h1-2,7,9,18H,3-6H2,(H,20,21)/p-1. The quantitative estimate of drug-likeness (QED) is 0.852. The van der Waals surface area contributed by atoms with Crippen LogP contribution in [0.2, 0.25) is 5.02 Å². The molecule has 1 aliphatic heterocycles. The molecule has 1 aromatic carbocycles. The summed E-state index contributed by atoms with van der Waals surface area (Å²) in [5, 5.41) is 10.4. The lowest BCUT2D eigenvalue weighted by atomic mass is 10.1. The summed E-state index contributed by atoms with van der Waals surface area (Å²) in [5.41, 5.74) is -1.13. The largest absolute Gasteiger partial charge is 0.530 e. The predicted molar refractivity (Wildman–Crippen MR) is 76.8 cm³/mol. The van der Waals surface area contributed by atoms with Gasteiger partial charge in [0, 0.05) is 19.1 Å². The van der Waals surface area contributed by atoms with E-state index >= 15 is 0 Å². The van der Waals surface area contributed by atoms with Crippen molar-refractivity contribution in [3.8, 4) is 0 Å². The molecule has 0 bridgehead atoms. The third-order valence-electron chi connectivity index (χ3n) is 3.62. The zero-order valence-electron chi connectivity index (χ0n) is 12.1. The Bertz CT molecular complexity index is 731. The molecule has 0 radical (unpaired) electrons. The molecule has 0 atom stereocenters. The van der Waals surface area contributed by atoms with Crippen LogP contribution in [0.4, 0.5) is 18.0 Å². The molecule has 0 spiro atoms. The van der Waals surface area contributed by atoms with Gasteiger partial charge >= 0.3 is 6.18 Å². The molecule has 1 saturated heterocycles. The van der Waals surface area contributed by atoms with Gasteiger partial charge in [0.15, 0.2) is 0 Å². The molecule has 0 aliphatic carbocycles. The topological polar surface area (TPSA) is 89.5 Å².